The minimum atomic E-state index is -0.809. The van der Waals surface area contributed by atoms with Crippen molar-refractivity contribution in [3.05, 3.63) is 51.5 Å². The van der Waals surface area contributed by atoms with Crippen LogP contribution in [0.3, 0.4) is 0 Å². The second kappa shape index (κ2) is 6.90. The van der Waals surface area contributed by atoms with Crippen molar-refractivity contribution in [2.45, 2.75) is 32.7 Å². The van der Waals surface area contributed by atoms with Crippen molar-refractivity contribution in [3.63, 3.8) is 0 Å². The summed E-state index contributed by atoms with van der Waals surface area (Å²) in [6, 6.07) is 4.09. The van der Waals surface area contributed by atoms with E-state index >= 15 is 0 Å². The molecule has 0 bridgehead atoms. The van der Waals surface area contributed by atoms with Crippen LogP contribution >= 0.6 is 11.3 Å². The zero-order valence-corrected chi connectivity index (χ0v) is 12.4. The van der Waals surface area contributed by atoms with Crippen LogP contribution in [0.25, 0.3) is 0 Å². The molecule has 1 aromatic carbocycles. The van der Waals surface area contributed by atoms with Crippen LogP contribution in [-0.2, 0) is 6.42 Å². The van der Waals surface area contributed by atoms with E-state index < -0.39 is 11.6 Å². The summed E-state index contributed by atoms with van der Waals surface area (Å²) in [6.45, 7) is 4.92. The Balaban J connectivity index is 2.16. The van der Waals surface area contributed by atoms with Gasteiger partial charge in [-0.15, -0.1) is 11.3 Å². The van der Waals surface area contributed by atoms with Crippen LogP contribution in [0.1, 0.15) is 35.7 Å². The van der Waals surface area contributed by atoms with Gasteiger partial charge in [-0.1, -0.05) is 13.0 Å². The fourth-order valence-corrected chi connectivity index (χ4v) is 2.71. The molecule has 5 heteroatoms. The lowest BCUT2D eigenvalue weighted by Gasteiger charge is -2.16. The van der Waals surface area contributed by atoms with E-state index in [2.05, 4.69) is 17.2 Å². The molecular weight excluding hydrogens is 278 g/mol. The molecule has 0 spiro atoms. The maximum absolute atomic E-state index is 13.3. The monoisotopic (exact) mass is 296 g/mol. The van der Waals surface area contributed by atoms with E-state index in [0.29, 0.717) is 6.42 Å². The number of aryl methyl sites for hydroxylation is 1. The highest BCUT2D eigenvalue weighted by molar-refractivity contribution is 7.09. The molecule has 0 radical (unpaired) electrons. The first-order chi connectivity index (χ1) is 9.60. The van der Waals surface area contributed by atoms with Crippen LogP contribution in [0, 0.1) is 18.6 Å². The fourth-order valence-electron chi connectivity index (χ4n) is 2.04. The SMILES string of the molecule is CCCNC(Cc1ccc(F)c(F)c1)c1csc(C)n1. The zero-order chi connectivity index (χ0) is 14.5. The van der Waals surface area contributed by atoms with Gasteiger partial charge < -0.3 is 5.32 Å². The Morgan fingerprint density at radius 1 is 1.30 bits per heavy atom. The lowest BCUT2D eigenvalue weighted by molar-refractivity contribution is 0.497. The topological polar surface area (TPSA) is 24.9 Å². The summed E-state index contributed by atoms with van der Waals surface area (Å²) >= 11 is 1.60. The van der Waals surface area contributed by atoms with Crippen LogP contribution in [-0.4, -0.2) is 11.5 Å². The molecule has 2 aromatic rings. The van der Waals surface area contributed by atoms with Crippen molar-refractivity contribution in [2.75, 3.05) is 6.54 Å². The maximum atomic E-state index is 13.3. The number of halogens is 2. The van der Waals surface area contributed by atoms with Crippen molar-refractivity contribution in [1.82, 2.24) is 10.3 Å². The summed E-state index contributed by atoms with van der Waals surface area (Å²) < 4.78 is 26.2. The van der Waals surface area contributed by atoms with E-state index in [1.807, 2.05) is 12.3 Å². The lowest BCUT2D eigenvalue weighted by atomic mass is 10.0. The highest BCUT2D eigenvalue weighted by Gasteiger charge is 2.15. The van der Waals surface area contributed by atoms with Gasteiger partial charge in [-0.05, 0) is 44.0 Å². The van der Waals surface area contributed by atoms with Crippen molar-refractivity contribution < 1.29 is 8.78 Å². The van der Waals surface area contributed by atoms with Gasteiger partial charge in [0.25, 0.3) is 0 Å². The number of nitrogens with zero attached hydrogens (tertiary/aromatic N) is 1. The lowest BCUT2D eigenvalue weighted by Crippen LogP contribution is -2.24. The number of hydrogen-bond donors (Lipinski definition) is 1. The van der Waals surface area contributed by atoms with E-state index in [4.69, 9.17) is 0 Å². The van der Waals surface area contributed by atoms with Crippen LogP contribution in [0.2, 0.25) is 0 Å². The Kier molecular flexibility index (Phi) is 5.20. The molecule has 1 atom stereocenters. The average molecular weight is 296 g/mol. The summed E-state index contributed by atoms with van der Waals surface area (Å²) in [7, 11) is 0. The van der Waals surface area contributed by atoms with Gasteiger partial charge in [0.1, 0.15) is 0 Å². The van der Waals surface area contributed by atoms with Crippen LogP contribution in [0.15, 0.2) is 23.6 Å². The Bertz CT molecular complexity index is 569. The molecule has 0 amide bonds. The number of aromatic nitrogens is 1. The molecule has 2 rings (SSSR count). The third-order valence-electron chi connectivity index (χ3n) is 3.06. The summed E-state index contributed by atoms with van der Waals surface area (Å²) in [5, 5.41) is 6.43. The number of hydrogen-bond acceptors (Lipinski definition) is 3. The highest BCUT2D eigenvalue weighted by Crippen LogP contribution is 2.21. The smallest absolute Gasteiger partial charge is 0.159 e. The Morgan fingerprint density at radius 3 is 2.70 bits per heavy atom. The molecular formula is C15H18F2N2S. The predicted molar refractivity (Wildman–Crippen MR) is 77.9 cm³/mol. The van der Waals surface area contributed by atoms with Crippen LogP contribution in [0.4, 0.5) is 8.78 Å². The molecule has 0 aliphatic rings. The quantitative estimate of drug-likeness (QED) is 0.871. The molecule has 108 valence electrons. The number of nitrogens with one attached hydrogen (secondary N) is 1. The van der Waals surface area contributed by atoms with Crippen LogP contribution in [0.5, 0.6) is 0 Å². The summed E-state index contributed by atoms with van der Waals surface area (Å²) in [6.07, 6.45) is 1.61. The standard InChI is InChI=1S/C15H18F2N2S/c1-3-6-18-14(15-9-20-10(2)19-15)8-11-4-5-12(16)13(17)7-11/h4-5,7,9,14,18H,3,6,8H2,1-2H3. The number of benzene rings is 1. The molecule has 1 heterocycles. The largest absolute Gasteiger partial charge is 0.308 e. The number of thiazole rings is 1. The van der Waals surface area contributed by atoms with Gasteiger partial charge in [0.15, 0.2) is 11.6 Å². The van der Waals surface area contributed by atoms with Gasteiger partial charge in [0.2, 0.25) is 0 Å². The Hall–Kier alpha value is -1.33. The normalized spacial score (nSPS) is 12.6. The highest BCUT2D eigenvalue weighted by atomic mass is 32.1. The minimum Gasteiger partial charge on any atom is -0.308 e. The summed E-state index contributed by atoms with van der Waals surface area (Å²) in [5.41, 5.74) is 1.73. The molecule has 0 aliphatic heterocycles. The van der Waals surface area contributed by atoms with Gasteiger partial charge in [-0.3, -0.25) is 0 Å². The van der Waals surface area contributed by atoms with Gasteiger partial charge >= 0.3 is 0 Å². The fraction of sp³-hybridized carbons (Fsp3) is 0.400. The van der Waals surface area contributed by atoms with Gasteiger partial charge in [-0.2, -0.15) is 0 Å². The Morgan fingerprint density at radius 2 is 2.10 bits per heavy atom. The van der Waals surface area contributed by atoms with E-state index in [1.165, 1.54) is 12.1 Å². The predicted octanol–water partition coefficient (Wildman–Crippen LogP) is 4.01. The van der Waals surface area contributed by atoms with Crippen molar-refractivity contribution in [3.8, 4) is 0 Å². The molecule has 1 N–H and O–H groups in total. The summed E-state index contributed by atoms with van der Waals surface area (Å²) in [5.74, 6) is -1.61. The molecule has 0 saturated heterocycles. The molecule has 2 nitrogen and oxygen atoms in total. The third kappa shape index (κ3) is 3.84. The first-order valence-corrected chi connectivity index (χ1v) is 7.57. The minimum absolute atomic E-state index is 0.0322. The number of rotatable bonds is 6. The maximum Gasteiger partial charge on any atom is 0.159 e. The van der Waals surface area contributed by atoms with E-state index in [9.17, 15) is 8.78 Å². The van der Waals surface area contributed by atoms with E-state index in [1.54, 1.807) is 17.4 Å². The second-order valence-corrected chi connectivity index (χ2v) is 5.81. The van der Waals surface area contributed by atoms with Crippen LogP contribution < -0.4 is 5.32 Å². The van der Waals surface area contributed by atoms with Crippen molar-refractivity contribution in [2.24, 2.45) is 0 Å². The zero-order valence-electron chi connectivity index (χ0n) is 11.6. The third-order valence-corrected chi connectivity index (χ3v) is 3.85. The molecule has 1 unspecified atom stereocenters. The molecule has 20 heavy (non-hydrogen) atoms. The van der Waals surface area contributed by atoms with E-state index in [0.717, 1.165) is 29.2 Å². The molecule has 0 saturated carbocycles. The Labute approximate surface area is 121 Å². The van der Waals surface area contributed by atoms with Gasteiger partial charge in [-0.25, -0.2) is 13.8 Å². The first kappa shape index (κ1) is 15.1. The molecule has 0 aliphatic carbocycles. The van der Waals surface area contributed by atoms with E-state index in [-0.39, 0.29) is 6.04 Å². The second-order valence-electron chi connectivity index (χ2n) is 4.75. The first-order valence-electron chi connectivity index (χ1n) is 6.69. The molecule has 0 fully saturated rings. The molecule has 1 aromatic heterocycles. The average Bonchev–Trinajstić information content (AvgIpc) is 2.85. The summed E-state index contributed by atoms with van der Waals surface area (Å²) in [4.78, 5) is 4.49. The van der Waals surface area contributed by atoms with Crippen molar-refractivity contribution in [1.29, 1.82) is 0 Å². The van der Waals surface area contributed by atoms with Gasteiger partial charge in [0, 0.05) is 5.38 Å². The van der Waals surface area contributed by atoms with Gasteiger partial charge in [0.05, 0.1) is 16.7 Å². The van der Waals surface area contributed by atoms with Crippen molar-refractivity contribution >= 4 is 11.3 Å².